The summed E-state index contributed by atoms with van der Waals surface area (Å²) in [4.78, 5) is 31.7. The Bertz CT molecular complexity index is 222. The van der Waals surface area contributed by atoms with Crippen molar-refractivity contribution >= 4 is 18.3 Å². The molecule has 6 nitrogen and oxygen atoms in total. The zero-order valence-corrected chi connectivity index (χ0v) is 8.33. The Morgan fingerprint density at radius 1 is 1.29 bits per heavy atom. The van der Waals surface area contributed by atoms with Crippen molar-refractivity contribution in [3.05, 3.63) is 0 Å². The second-order valence-electron chi connectivity index (χ2n) is 2.56. The van der Waals surface area contributed by atoms with Crippen LogP contribution in [0.25, 0.3) is 0 Å². The average Bonchev–Trinajstić information content (AvgIpc) is 2.02. The van der Waals surface area contributed by atoms with Gasteiger partial charge in [0, 0.05) is 20.3 Å². The molecule has 0 fully saturated rings. The van der Waals surface area contributed by atoms with Crippen molar-refractivity contribution in [1.29, 1.82) is 0 Å². The molecule has 0 aromatic heterocycles. The van der Waals surface area contributed by atoms with Crippen LogP contribution >= 0.6 is 0 Å². The molecule has 0 bridgehead atoms. The molecule has 6 heteroatoms. The van der Waals surface area contributed by atoms with Crippen LogP contribution < -0.4 is 5.32 Å². The molecule has 14 heavy (non-hydrogen) atoms. The highest BCUT2D eigenvalue weighted by Gasteiger charge is 2.34. The summed E-state index contributed by atoms with van der Waals surface area (Å²) in [6, 6.07) is 0. The van der Waals surface area contributed by atoms with E-state index in [2.05, 4.69) is 5.32 Å². The summed E-state index contributed by atoms with van der Waals surface area (Å²) >= 11 is 0. The molecule has 0 radical (unpaired) electrons. The molecule has 0 aromatic rings. The smallest absolute Gasteiger partial charge is 0.341 e. The van der Waals surface area contributed by atoms with E-state index in [1.165, 1.54) is 0 Å². The molecular weight excluding hydrogens is 190 g/mol. The third-order valence-electron chi connectivity index (χ3n) is 1.36. The molecule has 0 aliphatic rings. The number of rotatable bonds is 5. The first-order chi connectivity index (χ1) is 6.45. The molecule has 1 N–H and O–H groups in total. The highest BCUT2D eigenvalue weighted by molar-refractivity contribution is 5.69. The lowest BCUT2D eigenvalue weighted by atomic mass is 10.3. The van der Waals surface area contributed by atoms with E-state index in [4.69, 9.17) is 9.47 Å². The fourth-order valence-electron chi connectivity index (χ4n) is 0.880. The van der Waals surface area contributed by atoms with Gasteiger partial charge in [-0.25, -0.2) is 0 Å². The van der Waals surface area contributed by atoms with E-state index in [-0.39, 0.29) is 6.42 Å². The van der Waals surface area contributed by atoms with Gasteiger partial charge in [0.1, 0.15) is 0 Å². The van der Waals surface area contributed by atoms with Gasteiger partial charge in [0.15, 0.2) is 0 Å². The highest BCUT2D eigenvalue weighted by atomic mass is 16.7. The van der Waals surface area contributed by atoms with Gasteiger partial charge in [-0.15, -0.1) is 0 Å². The molecule has 0 unspecified atom stereocenters. The first-order valence-corrected chi connectivity index (χ1v) is 4.06. The van der Waals surface area contributed by atoms with E-state index in [0.717, 1.165) is 13.8 Å². The summed E-state index contributed by atoms with van der Waals surface area (Å²) < 4.78 is 9.43. The number of amides is 1. The largest absolute Gasteiger partial charge is 0.404 e. The predicted molar refractivity (Wildman–Crippen MR) is 45.8 cm³/mol. The van der Waals surface area contributed by atoms with Crippen LogP contribution in [0.4, 0.5) is 0 Å². The van der Waals surface area contributed by atoms with E-state index in [0.29, 0.717) is 6.41 Å². The standard InChI is InChI=1S/C8H13NO5/c1-4-8(9-5-10,13-6(2)11)14-7(3)12/h5H,4H2,1-3H3,(H,9,10). The quantitative estimate of drug-likeness (QED) is 0.384. The summed E-state index contributed by atoms with van der Waals surface area (Å²) in [7, 11) is 0. The van der Waals surface area contributed by atoms with Crippen molar-refractivity contribution in [1.82, 2.24) is 5.32 Å². The first kappa shape index (κ1) is 12.4. The Morgan fingerprint density at radius 3 is 1.93 bits per heavy atom. The lowest BCUT2D eigenvalue weighted by Gasteiger charge is -2.29. The lowest BCUT2D eigenvalue weighted by molar-refractivity contribution is -0.236. The Balaban J connectivity index is 4.66. The van der Waals surface area contributed by atoms with Crippen LogP contribution in [0.1, 0.15) is 27.2 Å². The molecule has 0 aromatic carbocycles. The minimum Gasteiger partial charge on any atom is -0.404 e. The minimum atomic E-state index is -1.68. The van der Waals surface area contributed by atoms with Crippen LogP contribution in [0.15, 0.2) is 0 Å². The molecule has 0 rings (SSSR count). The van der Waals surface area contributed by atoms with Gasteiger partial charge >= 0.3 is 17.8 Å². The van der Waals surface area contributed by atoms with Gasteiger partial charge in [-0.2, -0.15) is 0 Å². The van der Waals surface area contributed by atoms with Crippen LogP contribution in [0, 0.1) is 0 Å². The van der Waals surface area contributed by atoms with Gasteiger partial charge < -0.3 is 9.47 Å². The monoisotopic (exact) mass is 203 g/mol. The SMILES string of the molecule is CCC(NC=O)(OC(C)=O)OC(C)=O. The van der Waals surface area contributed by atoms with Crippen LogP contribution in [0.5, 0.6) is 0 Å². The predicted octanol–water partition coefficient (Wildman–Crippen LogP) is -0.0776. The van der Waals surface area contributed by atoms with E-state index in [9.17, 15) is 14.4 Å². The van der Waals surface area contributed by atoms with Crippen molar-refractivity contribution < 1.29 is 23.9 Å². The summed E-state index contributed by atoms with van der Waals surface area (Å²) in [6.07, 6.45) is 0.431. The second kappa shape index (κ2) is 5.21. The maximum Gasteiger partial charge on any atom is 0.341 e. The number of nitrogens with one attached hydrogen (secondary N) is 1. The van der Waals surface area contributed by atoms with Gasteiger partial charge in [-0.05, 0) is 0 Å². The second-order valence-corrected chi connectivity index (χ2v) is 2.56. The van der Waals surface area contributed by atoms with Gasteiger partial charge in [0.25, 0.3) is 0 Å². The normalized spacial score (nSPS) is 10.2. The Hall–Kier alpha value is -1.59. The molecular formula is C8H13NO5. The van der Waals surface area contributed by atoms with Crippen LogP contribution in [0.2, 0.25) is 0 Å². The third kappa shape index (κ3) is 3.88. The average molecular weight is 203 g/mol. The molecule has 0 atom stereocenters. The topological polar surface area (TPSA) is 81.7 Å². The number of ether oxygens (including phenoxy) is 2. The summed E-state index contributed by atoms with van der Waals surface area (Å²) in [5.41, 5.74) is 0. The molecule has 0 spiro atoms. The Kier molecular flexibility index (Phi) is 4.62. The highest BCUT2D eigenvalue weighted by Crippen LogP contribution is 2.14. The van der Waals surface area contributed by atoms with Crippen molar-refractivity contribution in [2.75, 3.05) is 0 Å². The van der Waals surface area contributed by atoms with E-state index in [1.807, 2.05) is 0 Å². The first-order valence-electron chi connectivity index (χ1n) is 4.06. The van der Waals surface area contributed by atoms with Gasteiger partial charge in [0.05, 0.1) is 0 Å². The molecule has 1 amide bonds. The van der Waals surface area contributed by atoms with Gasteiger partial charge in [-0.1, -0.05) is 6.92 Å². The molecule has 80 valence electrons. The zero-order valence-electron chi connectivity index (χ0n) is 8.33. The number of esters is 2. The van der Waals surface area contributed by atoms with Crippen LogP contribution in [-0.2, 0) is 23.9 Å². The van der Waals surface area contributed by atoms with Crippen LogP contribution in [-0.4, -0.2) is 24.3 Å². The molecule has 0 aliphatic carbocycles. The van der Waals surface area contributed by atoms with E-state index in [1.54, 1.807) is 6.92 Å². The number of hydrogen-bond acceptors (Lipinski definition) is 5. The van der Waals surface area contributed by atoms with E-state index >= 15 is 0 Å². The lowest BCUT2D eigenvalue weighted by Crippen LogP contribution is -2.51. The molecule has 0 saturated heterocycles. The fraction of sp³-hybridized carbons (Fsp3) is 0.625. The Labute approximate surface area is 81.6 Å². The summed E-state index contributed by atoms with van der Waals surface area (Å²) in [6.45, 7) is 3.91. The number of carbonyl (C=O) groups is 3. The van der Waals surface area contributed by atoms with Crippen molar-refractivity contribution in [3.8, 4) is 0 Å². The van der Waals surface area contributed by atoms with Crippen molar-refractivity contribution in [2.45, 2.75) is 33.1 Å². The third-order valence-corrected chi connectivity index (χ3v) is 1.36. The molecule has 0 aliphatic heterocycles. The maximum atomic E-state index is 10.7. The fourth-order valence-corrected chi connectivity index (χ4v) is 0.880. The maximum absolute atomic E-state index is 10.7. The Morgan fingerprint density at radius 2 is 1.71 bits per heavy atom. The van der Waals surface area contributed by atoms with Crippen LogP contribution in [0.3, 0.4) is 0 Å². The number of hydrogen-bond donors (Lipinski definition) is 1. The van der Waals surface area contributed by atoms with Crippen molar-refractivity contribution in [2.24, 2.45) is 0 Å². The summed E-state index contributed by atoms with van der Waals surface area (Å²) in [5, 5.41) is 2.14. The molecule has 0 saturated carbocycles. The van der Waals surface area contributed by atoms with Gasteiger partial charge in [-0.3, -0.25) is 19.7 Å². The minimum absolute atomic E-state index is 0.130. The van der Waals surface area contributed by atoms with Crippen molar-refractivity contribution in [3.63, 3.8) is 0 Å². The number of carbonyl (C=O) groups excluding carboxylic acids is 3. The molecule has 0 heterocycles. The van der Waals surface area contributed by atoms with E-state index < -0.39 is 17.8 Å². The van der Waals surface area contributed by atoms with Gasteiger partial charge in [0.2, 0.25) is 6.41 Å². The zero-order chi connectivity index (χ0) is 11.2. The summed E-state index contributed by atoms with van der Waals surface area (Å²) in [5.74, 6) is -2.98.